The molecule has 0 fully saturated rings. The van der Waals surface area contributed by atoms with E-state index in [4.69, 9.17) is 0 Å². The van der Waals surface area contributed by atoms with Crippen LogP contribution in [0.15, 0.2) is 65.7 Å². The first kappa shape index (κ1) is 14.3. The second-order valence-electron chi connectivity index (χ2n) is 5.45. The molecule has 0 spiro atoms. The minimum absolute atomic E-state index is 0.271. The van der Waals surface area contributed by atoms with Crippen molar-refractivity contribution in [3.05, 3.63) is 82.7 Å². The van der Waals surface area contributed by atoms with E-state index in [9.17, 15) is 9.18 Å². The Balaban J connectivity index is 1.78. The molecule has 4 rings (SSSR count). The predicted molar refractivity (Wildman–Crippen MR) is 89.1 cm³/mol. The van der Waals surface area contributed by atoms with Crippen LogP contribution < -0.4 is 5.56 Å². The third-order valence-corrected chi connectivity index (χ3v) is 3.80. The maximum absolute atomic E-state index is 13.0. The molecular weight excluding hydrogens is 307 g/mol. The molecule has 118 valence electrons. The summed E-state index contributed by atoms with van der Waals surface area (Å²) in [5, 5.41) is 0. The first-order chi connectivity index (χ1) is 11.7. The van der Waals surface area contributed by atoms with Crippen LogP contribution in [0.3, 0.4) is 0 Å². The van der Waals surface area contributed by atoms with E-state index in [1.54, 1.807) is 23.0 Å². The van der Waals surface area contributed by atoms with Crippen LogP contribution in [0.1, 0.15) is 5.56 Å². The number of benzene rings is 2. The number of hydrogen-bond donors (Lipinski definition) is 1. The van der Waals surface area contributed by atoms with E-state index in [0.717, 1.165) is 5.56 Å². The summed E-state index contributed by atoms with van der Waals surface area (Å²) in [7, 11) is 0. The van der Waals surface area contributed by atoms with Crippen molar-refractivity contribution in [3.8, 4) is 11.4 Å². The zero-order chi connectivity index (χ0) is 16.5. The van der Waals surface area contributed by atoms with E-state index in [1.165, 1.54) is 12.1 Å². The van der Waals surface area contributed by atoms with Gasteiger partial charge in [-0.3, -0.25) is 4.79 Å². The molecule has 5 nitrogen and oxygen atoms in total. The minimum Gasteiger partial charge on any atom is -0.320 e. The average Bonchev–Trinajstić information content (AvgIpc) is 3.00. The number of nitrogens with zero attached hydrogens (tertiary/aromatic N) is 3. The van der Waals surface area contributed by atoms with Crippen LogP contribution in [-0.4, -0.2) is 19.5 Å². The number of imidazole rings is 1. The molecule has 2 aromatic carbocycles. The lowest BCUT2D eigenvalue weighted by atomic mass is 10.2. The number of aromatic amines is 1. The third kappa shape index (κ3) is 2.58. The lowest BCUT2D eigenvalue weighted by Crippen LogP contribution is -2.13. The van der Waals surface area contributed by atoms with Crippen molar-refractivity contribution >= 4 is 11.2 Å². The molecule has 6 heteroatoms. The SMILES string of the molecule is O=c1[nH]c(-c2ccc(F)cc2)nc2ncn(Cc3ccccc3)c12. The van der Waals surface area contributed by atoms with Gasteiger partial charge in [-0.25, -0.2) is 14.4 Å². The topological polar surface area (TPSA) is 63.6 Å². The van der Waals surface area contributed by atoms with Gasteiger partial charge in [-0.05, 0) is 29.8 Å². The molecule has 0 saturated carbocycles. The van der Waals surface area contributed by atoms with Crippen LogP contribution in [0, 0.1) is 5.82 Å². The van der Waals surface area contributed by atoms with Crippen LogP contribution in [0.5, 0.6) is 0 Å². The Bertz CT molecular complexity index is 1050. The molecule has 1 N–H and O–H groups in total. The predicted octanol–water partition coefficient (Wildman–Crippen LogP) is 2.97. The van der Waals surface area contributed by atoms with Gasteiger partial charge in [0.25, 0.3) is 5.56 Å². The Morgan fingerprint density at radius 2 is 1.79 bits per heavy atom. The van der Waals surface area contributed by atoms with Crippen LogP contribution in [0.25, 0.3) is 22.6 Å². The molecule has 0 unspecified atom stereocenters. The van der Waals surface area contributed by atoms with Gasteiger partial charge in [-0.2, -0.15) is 0 Å². The van der Waals surface area contributed by atoms with E-state index < -0.39 is 0 Å². The van der Waals surface area contributed by atoms with Crippen LogP contribution in [0.4, 0.5) is 4.39 Å². The molecule has 0 amide bonds. The first-order valence-corrected chi connectivity index (χ1v) is 7.46. The van der Waals surface area contributed by atoms with E-state index >= 15 is 0 Å². The monoisotopic (exact) mass is 320 g/mol. The fraction of sp³-hybridized carbons (Fsp3) is 0.0556. The number of H-pyrrole nitrogens is 1. The highest BCUT2D eigenvalue weighted by Crippen LogP contribution is 2.16. The van der Waals surface area contributed by atoms with Crippen molar-refractivity contribution < 1.29 is 4.39 Å². The van der Waals surface area contributed by atoms with Gasteiger partial charge in [-0.1, -0.05) is 30.3 Å². The number of halogens is 1. The molecule has 0 aliphatic heterocycles. The largest absolute Gasteiger partial charge is 0.320 e. The summed E-state index contributed by atoms with van der Waals surface area (Å²) >= 11 is 0. The van der Waals surface area contributed by atoms with Gasteiger partial charge in [0, 0.05) is 12.1 Å². The lowest BCUT2D eigenvalue weighted by Gasteiger charge is -2.05. The van der Waals surface area contributed by atoms with E-state index in [2.05, 4.69) is 15.0 Å². The lowest BCUT2D eigenvalue weighted by molar-refractivity contribution is 0.628. The minimum atomic E-state index is -0.339. The summed E-state index contributed by atoms with van der Waals surface area (Å²) in [4.78, 5) is 23.9. The van der Waals surface area contributed by atoms with E-state index in [1.807, 2.05) is 30.3 Å². The average molecular weight is 320 g/mol. The van der Waals surface area contributed by atoms with Crippen molar-refractivity contribution in [1.29, 1.82) is 0 Å². The Labute approximate surface area is 136 Å². The van der Waals surface area contributed by atoms with Gasteiger partial charge in [0.1, 0.15) is 11.6 Å². The Kier molecular flexibility index (Phi) is 3.42. The molecule has 0 aliphatic carbocycles. The van der Waals surface area contributed by atoms with Crippen LogP contribution in [0.2, 0.25) is 0 Å². The molecule has 0 bridgehead atoms. The van der Waals surface area contributed by atoms with E-state index in [0.29, 0.717) is 29.1 Å². The highest BCUT2D eigenvalue weighted by molar-refractivity contribution is 5.72. The summed E-state index contributed by atoms with van der Waals surface area (Å²) in [5.41, 5.74) is 2.22. The summed E-state index contributed by atoms with van der Waals surface area (Å²) in [6.07, 6.45) is 1.61. The summed E-state index contributed by atoms with van der Waals surface area (Å²) in [6.45, 7) is 0.540. The second-order valence-corrected chi connectivity index (χ2v) is 5.45. The molecule has 4 aromatic rings. The quantitative estimate of drug-likeness (QED) is 0.631. The third-order valence-electron chi connectivity index (χ3n) is 3.80. The number of hydrogen-bond acceptors (Lipinski definition) is 3. The zero-order valence-electron chi connectivity index (χ0n) is 12.6. The zero-order valence-corrected chi connectivity index (χ0v) is 12.6. The maximum Gasteiger partial charge on any atom is 0.277 e. The summed E-state index contributed by atoms with van der Waals surface area (Å²) in [5.74, 6) is 0.0341. The van der Waals surface area contributed by atoms with Crippen molar-refractivity contribution in [3.63, 3.8) is 0 Å². The standard InChI is InChI=1S/C18H13FN4O/c19-14-8-6-13(7-9-14)16-21-17-15(18(24)22-16)23(11-20-17)10-12-4-2-1-3-5-12/h1-9,11H,10H2,(H,21,22,24). The summed E-state index contributed by atoms with van der Waals surface area (Å²) in [6, 6.07) is 15.6. The Morgan fingerprint density at radius 3 is 2.54 bits per heavy atom. The van der Waals surface area contributed by atoms with Crippen molar-refractivity contribution in [2.75, 3.05) is 0 Å². The molecule has 0 radical (unpaired) electrons. The molecule has 0 aliphatic rings. The molecule has 24 heavy (non-hydrogen) atoms. The Morgan fingerprint density at radius 1 is 1.04 bits per heavy atom. The maximum atomic E-state index is 13.0. The van der Waals surface area contributed by atoms with Crippen LogP contribution >= 0.6 is 0 Å². The smallest absolute Gasteiger partial charge is 0.277 e. The second kappa shape index (κ2) is 5.73. The molecule has 0 atom stereocenters. The van der Waals surface area contributed by atoms with E-state index in [-0.39, 0.29) is 11.4 Å². The van der Waals surface area contributed by atoms with Crippen molar-refractivity contribution in [1.82, 2.24) is 19.5 Å². The first-order valence-electron chi connectivity index (χ1n) is 7.46. The van der Waals surface area contributed by atoms with Gasteiger partial charge >= 0.3 is 0 Å². The van der Waals surface area contributed by atoms with Gasteiger partial charge in [0.05, 0.1) is 6.33 Å². The van der Waals surface area contributed by atoms with Crippen molar-refractivity contribution in [2.45, 2.75) is 6.54 Å². The van der Waals surface area contributed by atoms with Crippen molar-refractivity contribution in [2.24, 2.45) is 0 Å². The highest BCUT2D eigenvalue weighted by Gasteiger charge is 2.12. The normalized spacial score (nSPS) is 11.0. The number of fused-ring (bicyclic) bond motifs is 1. The Hall–Kier alpha value is -3.28. The fourth-order valence-electron chi connectivity index (χ4n) is 2.63. The van der Waals surface area contributed by atoms with Gasteiger partial charge in [0.2, 0.25) is 0 Å². The fourth-order valence-corrected chi connectivity index (χ4v) is 2.63. The van der Waals surface area contributed by atoms with Gasteiger partial charge in [0.15, 0.2) is 11.2 Å². The van der Waals surface area contributed by atoms with Gasteiger partial charge in [-0.15, -0.1) is 0 Å². The molecule has 2 aromatic heterocycles. The van der Waals surface area contributed by atoms with Gasteiger partial charge < -0.3 is 9.55 Å². The highest BCUT2D eigenvalue weighted by atomic mass is 19.1. The van der Waals surface area contributed by atoms with Crippen LogP contribution in [-0.2, 0) is 6.54 Å². The number of nitrogens with one attached hydrogen (secondary N) is 1. The molecular formula is C18H13FN4O. The summed E-state index contributed by atoms with van der Waals surface area (Å²) < 4.78 is 14.8. The number of rotatable bonds is 3. The number of aromatic nitrogens is 4. The molecule has 0 saturated heterocycles. The molecule has 2 heterocycles.